The third-order valence-electron chi connectivity index (χ3n) is 4.65. The fraction of sp³-hybridized carbons (Fsp3) is 1.00. The first-order valence-corrected chi connectivity index (χ1v) is 12.0. The van der Waals surface area contributed by atoms with Gasteiger partial charge in [0.25, 0.3) is 10.1 Å². The molecule has 1 fully saturated rings. The molecule has 1 rings (SSSR count). The summed E-state index contributed by atoms with van der Waals surface area (Å²) in [5.74, 6) is -1.10. The summed E-state index contributed by atoms with van der Waals surface area (Å²) in [4.78, 5) is 0. The molecule has 0 saturated carbocycles. The highest BCUT2D eigenvalue weighted by molar-refractivity contribution is 7.85. The Labute approximate surface area is 165 Å². The van der Waals surface area contributed by atoms with Crippen LogP contribution in [0.2, 0.25) is 0 Å². The molecule has 0 spiro atoms. The van der Waals surface area contributed by atoms with E-state index in [9.17, 15) is 8.42 Å². The maximum Gasteiger partial charge on any atom is 0.264 e. The quantitative estimate of drug-likeness (QED) is 0.299. The van der Waals surface area contributed by atoms with Gasteiger partial charge in [0.05, 0.1) is 18.5 Å². The van der Waals surface area contributed by atoms with Crippen LogP contribution in [-0.4, -0.2) is 63.5 Å². The predicted octanol–water partition coefficient (Wildman–Crippen LogP) is 3.14. The van der Waals surface area contributed by atoms with Crippen LogP contribution < -0.4 is 5.32 Å². The van der Waals surface area contributed by atoms with Crippen LogP contribution in [0.3, 0.4) is 0 Å². The van der Waals surface area contributed by atoms with Crippen molar-refractivity contribution in [1.29, 1.82) is 0 Å². The van der Waals surface area contributed by atoms with Crippen molar-refractivity contribution in [3.63, 3.8) is 0 Å². The minimum Gasteiger partial charge on any atom is -0.376 e. The summed E-state index contributed by atoms with van der Waals surface area (Å²) in [7, 11) is -3.93. The van der Waals surface area contributed by atoms with Crippen LogP contribution in [0.5, 0.6) is 0 Å². The zero-order valence-electron chi connectivity index (χ0n) is 17.1. The molecule has 7 nitrogen and oxygen atoms in total. The molecule has 27 heavy (non-hydrogen) atoms. The first-order valence-electron chi connectivity index (χ1n) is 10.4. The molecule has 8 heteroatoms. The molecular formula is C19H39NO6S. The lowest BCUT2D eigenvalue weighted by atomic mass is 10.1. The molecule has 1 aliphatic rings. The fourth-order valence-electron chi connectivity index (χ4n) is 3.14. The maximum absolute atomic E-state index is 10.7. The Morgan fingerprint density at radius 1 is 1.15 bits per heavy atom. The van der Waals surface area contributed by atoms with E-state index in [2.05, 4.69) is 12.2 Å². The van der Waals surface area contributed by atoms with Crippen LogP contribution in [-0.2, 0) is 24.3 Å². The van der Waals surface area contributed by atoms with Gasteiger partial charge >= 0.3 is 0 Å². The van der Waals surface area contributed by atoms with Gasteiger partial charge in [-0.15, -0.1) is 0 Å². The van der Waals surface area contributed by atoms with Gasteiger partial charge in [-0.05, 0) is 32.7 Å². The van der Waals surface area contributed by atoms with Crippen LogP contribution >= 0.6 is 0 Å². The Bertz CT molecular complexity index is 473. The van der Waals surface area contributed by atoms with Crippen LogP contribution in [0.1, 0.15) is 71.6 Å². The van der Waals surface area contributed by atoms with Crippen LogP contribution in [0.25, 0.3) is 0 Å². The zero-order chi connectivity index (χ0) is 20.0. The van der Waals surface area contributed by atoms with Gasteiger partial charge in [0.15, 0.2) is 5.79 Å². The summed E-state index contributed by atoms with van der Waals surface area (Å²) in [5, 5.41) is 3.47. The molecule has 0 aliphatic carbocycles. The lowest BCUT2D eigenvalue weighted by Gasteiger charge is -2.38. The van der Waals surface area contributed by atoms with Crippen molar-refractivity contribution in [1.82, 2.24) is 5.32 Å². The predicted molar refractivity (Wildman–Crippen MR) is 107 cm³/mol. The highest BCUT2D eigenvalue weighted by atomic mass is 32.2. The van der Waals surface area contributed by atoms with Gasteiger partial charge in [-0.3, -0.25) is 4.55 Å². The van der Waals surface area contributed by atoms with E-state index >= 15 is 0 Å². The molecule has 1 saturated heterocycles. The summed E-state index contributed by atoms with van der Waals surface area (Å²) in [6, 6.07) is 0. The molecule has 162 valence electrons. The van der Waals surface area contributed by atoms with Crippen molar-refractivity contribution in [2.75, 3.05) is 38.7 Å². The van der Waals surface area contributed by atoms with Crippen molar-refractivity contribution in [2.45, 2.75) is 83.5 Å². The Kier molecular flexibility index (Phi) is 12.7. The second kappa shape index (κ2) is 13.8. The van der Waals surface area contributed by atoms with Gasteiger partial charge in [0, 0.05) is 13.2 Å². The lowest BCUT2D eigenvalue weighted by molar-refractivity contribution is -0.299. The van der Waals surface area contributed by atoms with Crippen molar-refractivity contribution < 1.29 is 27.2 Å². The van der Waals surface area contributed by atoms with Gasteiger partial charge in [0.2, 0.25) is 0 Å². The number of hydrogen-bond acceptors (Lipinski definition) is 6. The van der Waals surface area contributed by atoms with Gasteiger partial charge in [0.1, 0.15) is 6.61 Å². The van der Waals surface area contributed by atoms with Crippen LogP contribution in [0, 0.1) is 0 Å². The van der Waals surface area contributed by atoms with Crippen molar-refractivity contribution in [2.24, 2.45) is 0 Å². The van der Waals surface area contributed by atoms with E-state index in [1.807, 2.05) is 6.92 Å². The van der Waals surface area contributed by atoms with Crippen molar-refractivity contribution in [3.05, 3.63) is 0 Å². The highest BCUT2D eigenvalue weighted by Gasteiger charge is 2.34. The average Bonchev–Trinajstić information content (AvgIpc) is 2.59. The smallest absolute Gasteiger partial charge is 0.264 e. The Hall–Kier alpha value is -0.250. The van der Waals surface area contributed by atoms with Crippen molar-refractivity contribution >= 4 is 10.1 Å². The normalized spacial score (nSPS) is 23.6. The fourth-order valence-corrected chi connectivity index (χ4v) is 3.62. The lowest BCUT2D eigenvalue weighted by Crippen LogP contribution is -2.48. The van der Waals surface area contributed by atoms with E-state index in [0.29, 0.717) is 6.61 Å². The van der Waals surface area contributed by atoms with E-state index in [-0.39, 0.29) is 31.5 Å². The molecule has 0 aromatic carbocycles. The largest absolute Gasteiger partial charge is 0.376 e. The summed E-state index contributed by atoms with van der Waals surface area (Å²) in [5.41, 5.74) is 0. The van der Waals surface area contributed by atoms with E-state index in [1.54, 1.807) is 0 Å². The molecule has 2 atom stereocenters. The van der Waals surface area contributed by atoms with E-state index in [1.165, 1.54) is 44.9 Å². The zero-order valence-corrected chi connectivity index (χ0v) is 17.9. The van der Waals surface area contributed by atoms with Crippen molar-refractivity contribution in [3.8, 4) is 0 Å². The molecular weight excluding hydrogens is 370 g/mol. The topological polar surface area (TPSA) is 94.1 Å². The van der Waals surface area contributed by atoms with E-state index in [4.69, 9.17) is 18.8 Å². The summed E-state index contributed by atoms with van der Waals surface area (Å²) in [6.07, 6.45) is 10.3. The number of nitrogens with one attached hydrogen (secondary N) is 1. The average molecular weight is 410 g/mol. The third-order valence-corrected chi connectivity index (χ3v) is 5.45. The highest BCUT2D eigenvalue weighted by Crippen LogP contribution is 2.23. The second-order valence-corrected chi connectivity index (χ2v) is 9.10. The number of unbranched alkanes of at least 4 members (excludes halogenated alkanes) is 6. The summed E-state index contributed by atoms with van der Waals surface area (Å²) >= 11 is 0. The molecule has 0 radical (unpaired) electrons. The van der Waals surface area contributed by atoms with Crippen LogP contribution in [0.15, 0.2) is 0 Å². The van der Waals surface area contributed by atoms with E-state index < -0.39 is 15.9 Å². The number of hydrogen-bond donors (Lipinski definition) is 2. The summed E-state index contributed by atoms with van der Waals surface area (Å²) in [6.45, 7) is 7.00. The van der Waals surface area contributed by atoms with Crippen LogP contribution in [0.4, 0.5) is 0 Å². The SMILES string of the molecule is CCCCCCCCCNCC1CCOC(C)(COCCCS(=O)(=O)O)O1. The number of rotatable bonds is 16. The minimum atomic E-state index is -3.93. The summed E-state index contributed by atoms with van der Waals surface area (Å²) < 4.78 is 47.2. The standard InChI is InChI=1S/C19H39NO6S/c1-3-4-5-6-7-8-9-12-20-16-18-11-14-25-19(2,26-18)17-24-13-10-15-27(21,22)23/h18,20H,3-17H2,1-2H3,(H,21,22,23). The molecule has 1 aliphatic heterocycles. The molecule has 2 N–H and O–H groups in total. The Balaban J connectivity index is 2.07. The Morgan fingerprint density at radius 3 is 2.56 bits per heavy atom. The molecule has 0 aromatic heterocycles. The van der Waals surface area contributed by atoms with Gasteiger partial charge in [-0.2, -0.15) is 8.42 Å². The third kappa shape index (κ3) is 13.5. The molecule has 0 aromatic rings. The first kappa shape index (κ1) is 24.8. The molecule has 2 unspecified atom stereocenters. The second-order valence-electron chi connectivity index (χ2n) is 7.53. The maximum atomic E-state index is 10.7. The van der Waals surface area contributed by atoms with Gasteiger partial charge in [-0.25, -0.2) is 0 Å². The Morgan fingerprint density at radius 2 is 1.85 bits per heavy atom. The number of ether oxygens (including phenoxy) is 3. The van der Waals surface area contributed by atoms with E-state index in [0.717, 1.165) is 19.5 Å². The molecule has 1 heterocycles. The van der Waals surface area contributed by atoms with Gasteiger partial charge in [-0.1, -0.05) is 45.4 Å². The molecule has 0 bridgehead atoms. The first-order chi connectivity index (χ1) is 12.8. The monoisotopic (exact) mass is 409 g/mol. The minimum absolute atomic E-state index is 0.0923. The van der Waals surface area contributed by atoms with Gasteiger partial charge < -0.3 is 19.5 Å². The molecule has 0 amide bonds.